The maximum atomic E-state index is 12.6. The van der Waals surface area contributed by atoms with E-state index in [1.807, 2.05) is 0 Å². The summed E-state index contributed by atoms with van der Waals surface area (Å²) in [6.45, 7) is 1.57. The molecule has 0 radical (unpaired) electrons. The zero-order chi connectivity index (χ0) is 15.6. The van der Waals surface area contributed by atoms with E-state index in [0.717, 1.165) is 0 Å². The van der Waals surface area contributed by atoms with Gasteiger partial charge in [-0.05, 0) is 32.6 Å². The lowest BCUT2D eigenvalue weighted by atomic mass is 9.81. The first-order valence-corrected chi connectivity index (χ1v) is 7.66. The Morgan fingerprint density at radius 3 is 2.52 bits per heavy atom. The summed E-state index contributed by atoms with van der Waals surface area (Å²) in [6, 6.07) is 0. The molecule has 1 aliphatic rings. The van der Waals surface area contributed by atoms with Crippen LogP contribution in [-0.4, -0.2) is 22.2 Å². The van der Waals surface area contributed by atoms with Gasteiger partial charge in [-0.25, -0.2) is 4.98 Å². The second-order valence-corrected chi connectivity index (χ2v) is 6.19. The minimum Gasteiger partial charge on any atom is -0.387 e. The van der Waals surface area contributed by atoms with E-state index in [4.69, 9.17) is 0 Å². The Morgan fingerprint density at radius 2 is 2.05 bits per heavy atom. The van der Waals surface area contributed by atoms with Gasteiger partial charge in [-0.1, -0.05) is 0 Å². The van der Waals surface area contributed by atoms with E-state index in [0.29, 0.717) is 10.8 Å². The summed E-state index contributed by atoms with van der Waals surface area (Å²) in [6.07, 6.45) is -4.40. The van der Waals surface area contributed by atoms with Gasteiger partial charge < -0.3 is 10.4 Å². The maximum absolute atomic E-state index is 12.6. The fourth-order valence-electron chi connectivity index (χ4n) is 2.43. The number of carbonyl (C=O) groups is 1. The second kappa shape index (κ2) is 6.31. The Balaban J connectivity index is 1.87. The van der Waals surface area contributed by atoms with Gasteiger partial charge in [0.2, 0.25) is 5.91 Å². The molecule has 1 aromatic rings. The van der Waals surface area contributed by atoms with Crippen molar-refractivity contribution in [3.05, 3.63) is 11.1 Å². The van der Waals surface area contributed by atoms with Crippen molar-refractivity contribution in [1.82, 2.24) is 4.98 Å². The number of alkyl halides is 3. The van der Waals surface area contributed by atoms with Crippen LogP contribution in [0.4, 0.5) is 18.3 Å². The SMILES string of the molecule is CC(O)c1csc(NC(=O)C2CCC(C(F)(F)F)CC2)n1. The molecule has 4 nitrogen and oxygen atoms in total. The molecule has 21 heavy (non-hydrogen) atoms. The zero-order valence-corrected chi connectivity index (χ0v) is 12.3. The number of aliphatic hydroxyl groups excluding tert-OH is 1. The minimum atomic E-state index is -4.16. The molecule has 2 rings (SSSR count). The Bertz CT molecular complexity index is 494. The Hall–Kier alpha value is -1.15. The molecule has 8 heteroatoms. The minimum absolute atomic E-state index is 0.00161. The Kier molecular flexibility index (Phi) is 4.88. The van der Waals surface area contributed by atoms with E-state index in [-0.39, 0.29) is 31.6 Å². The van der Waals surface area contributed by atoms with Crippen LogP contribution in [0.1, 0.15) is 44.4 Å². The van der Waals surface area contributed by atoms with Crippen LogP contribution in [0.15, 0.2) is 5.38 Å². The Morgan fingerprint density at radius 1 is 1.43 bits per heavy atom. The molecule has 0 saturated heterocycles. The van der Waals surface area contributed by atoms with Crippen molar-refractivity contribution in [2.45, 2.75) is 44.9 Å². The van der Waals surface area contributed by atoms with Gasteiger partial charge in [0.05, 0.1) is 17.7 Å². The molecule has 1 aromatic heterocycles. The van der Waals surface area contributed by atoms with E-state index in [1.165, 1.54) is 11.3 Å². The molecule has 0 spiro atoms. The average molecular weight is 322 g/mol. The van der Waals surface area contributed by atoms with E-state index in [1.54, 1.807) is 12.3 Å². The van der Waals surface area contributed by atoms with E-state index < -0.39 is 24.1 Å². The lowest BCUT2D eigenvalue weighted by Gasteiger charge is -2.28. The predicted octanol–water partition coefficient (Wildman–Crippen LogP) is 3.50. The highest BCUT2D eigenvalue weighted by molar-refractivity contribution is 7.13. The number of amides is 1. The standard InChI is InChI=1S/C13H17F3N2O2S/c1-7(19)10-6-21-12(17-10)18-11(20)8-2-4-9(5-3-8)13(14,15)16/h6-9,19H,2-5H2,1H3,(H,17,18,20). The molecule has 1 heterocycles. The maximum Gasteiger partial charge on any atom is 0.391 e. The van der Waals surface area contributed by atoms with Crippen LogP contribution in [0.5, 0.6) is 0 Å². The number of thiazole rings is 1. The molecule has 0 aliphatic heterocycles. The summed E-state index contributed by atoms with van der Waals surface area (Å²) in [7, 11) is 0. The lowest BCUT2D eigenvalue weighted by molar-refractivity contribution is -0.184. The van der Waals surface area contributed by atoms with Crippen molar-refractivity contribution in [3.8, 4) is 0 Å². The van der Waals surface area contributed by atoms with E-state index >= 15 is 0 Å². The first kappa shape index (κ1) is 16.2. The predicted molar refractivity (Wildman–Crippen MR) is 72.9 cm³/mol. The first-order valence-electron chi connectivity index (χ1n) is 6.78. The van der Waals surface area contributed by atoms with Crippen molar-refractivity contribution < 1.29 is 23.1 Å². The number of aromatic nitrogens is 1. The number of hydrogen-bond acceptors (Lipinski definition) is 4. The topological polar surface area (TPSA) is 62.2 Å². The normalized spacial score (nSPS) is 24.6. The van der Waals surface area contributed by atoms with Crippen LogP contribution in [0.25, 0.3) is 0 Å². The smallest absolute Gasteiger partial charge is 0.387 e. The highest BCUT2D eigenvalue weighted by Gasteiger charge is 2.42. The van der Waals surface area contributed by atoms with Gasteiger partial charge in [0.15, 0.2) is 5.13 Å². The third-order valence-corrected chi connectivity index (χ3v) is 4.52. The van der Waals surface area contributed by atoms with Crippen molar-refractivity contribution in [2.75, 3.05) is 5.32 Å². The van der Waals surface area contributed by atoms with Gasteiger partial charge in [-0.15, -0.1) is 11.3 Å². The first-order chi connectivity index (χ1) is 9.77. The van der Waals surface area contributed by atoms with E-state index in [2.05, 4.69) is 10.3 Å². The quantitative estimate of drug-likeness (QED) is 0.895. The summed E-state index contributed by atoms with van der Waals surface area (Å²) in [5, 5.41) is 14.0. The number of hydrogen-bond donors (Lipinski definition) is 2. The number of anilines is 1. The molecule has 1 aliphatic carbocycles. The molecule has 1 fully saturated rings. The largest absolute Gasteiger partial charge is 0.391 e. The molecule has 0 bridgehead atoms. The number of aliphatic hydroxyl groups is 1. The van der Waals surface area contributed by atoms with Crippen molar-refractivity contribution >= 4 is 22.4 Å². The Labute approximate surface area is 124 Å². The second-order valence-electron chi connectivity index (χ2n) is 5.33. The third-order valence-electron chi connectivity index (χ3n) is 3.74. The van der Waals surface area contributed by atoms with Crippen LogP contribution in [0, 0.1) is 11.8 Å². The van der Waals surface area contributed by atoms with Crippen LogP contribution in [-0.2, 0) is 4.79 Å². The van der Waals surface area contributed by atoms with Crippen LogP contribution in [0.2, 0.25) is 0 Å². The summed E-state index contributed by atoms with van der Waals surface area (Å²) in [5.74, 6) is -1.98. The molecule has 1 amide bonds. The highest BCUT2D eigenvalue weighted by atomic mass is 32.1. The molecule has 2 N–H and O–H groups in total. The number of nitrogens with one attached hydrogen (secondary N) is 1. The van der Waals surface area contributed by atoms with Gasteiger partial charge in [0, 0.05) is 11.3 Å². The number of carbonyl (C=O) groups excluding carboxylic acids is 1. The van der Waals surface area contributed by atoms with Crippen LogP contribution < -0.4 is 5.32 Å². The number of nitrogens with zero attached hydrogens (tertiary/aromatic N) is 1. The molecule has 1 saturated carbocycles. The monoisotopic (exact) mass is 322 g/mol. The summed E-state index contributed by atoms with van der Waals surface area (Å²) < 4.78 is 37.7. The van der Waals surface area contributed by atoms with Gasteiger partial charge in [-0.3, -0.25) is 4.79 Å². The summed E-state index contributed by atoms with van der Waals surface area (Å²) in [5.41, 5.74) is 0.469. The molecule has 1 unspecified atom stereocenters. The van der Waals surface area contributed by atoms with Crippen molar-refractivity contribution in [2.24, 2.45) is 11.8 Å². The number of halogens is 3. The van der Waals surface area contributed by atoms with Crippen LogP contribution in [0.3, 0.4) is 0 Å². The molecule has 0 aromatic carbocycles. The van der Waals surface area contributed by atoms with Crippen LogP contribution >= 0.6 is 11.3 Å². The molecule has 1 atom stereocenters. The molecule has 118 valence electrons. The summed E-state index contributed by atoms with van der Waals surface area (Å²) in [4.78, 5) is 16.1. The number of rotatable bonds is 3. The molecular weight excluding hydrogens is 305 g/mol. The lowest BCUT2D eigenvalue weighted by Crippen LogP contribution is -2.32. The molecular formula is C13H17F3N2O2S. The fraction of sp³-hybridized carbons (Fsp3) is 0.692. The highest BCUT2D eigenvalue weighted by Crippen LogP contribution is 2.39. The fourth-order valence-corrected chi connectivity index (χ4v) is 3.23. The van der Waals surface area contributed by atoms with Gasteiger partial charge in [0.25, 0.3) is 0 Å². The van der Waals surface area contributed by atoms with Gasteiger partial charge >= 0.3 is 6.18 Å². The van der Waals surface area contributed by atoms with E-state index in [9.17, 15) is 23.1 Å². The zero-order valence-electron chi connectivity index (χ0n) is 11.5. The summed E-state index contributed by atoms with van der Waals surface area (Å²) >= 11 is 1.19. The van der Waals surface area contributed by atoms with Crippen molar-refractivity contribution in [3.63, 3.8) is 0 Å². The average Bonchev–Trinajstić information content (AvgIpc) is 2.86. The third kappa shape index (κ3) is 4.16. The van der Waals surface area contributed by atoms with Gasteiger partial charge in [0.1, 0.15) is 0 Å². The van der Waals surface area contributed by atoms with Gasteiger partial charge in [-0.2, -0.15) is 13.2 Å². The van der Waals surface area contributed by atoms with Crippen molar-refractivity contribution in [1.29, 1.82) is 0 Å².